The summed E-state index contributed by atoms with van der Waals surface area (Å²) in [4.78, 5) is 143. The van der Waals surface area contributed by atoms with Gasteiger partial charge in [0, 0.05) is 52.0 Å². The Labute approximate surface area is 515 Å². The van der Waals surface area contributed by atoms with Crippen LogP contribution in [0.15, 0.2) is 64.0 Å². The average molecular weight is 1280 g/mol. The third-order valence-corrected chi connectivity index (χ3v) is 19.8. The molecule has 1 aromatic carbocycles. The number of hydrogen-bond donors (Lipinski definition) is 7. The summed E-state index contributed by atoms with van der Waals surface area (Å²) < 4.78 is 5.46. The van der Waals surface area contributed by atoms with Crippen molar-refractivity contribution in [2.24, 2.45) is 17.8 Å². The van der Waals surface area contributed by atoms with Gasteiger partial charge >= 0.3 is 11.9 Å². The fourth-order valence-corrected chi connectivity index (χ4v) is 15.3. The summed E-state index contributed by atoms with van der Waals surface area (Å²) in [5, 5.41) is 43.0. The van der Waals surface area contributed by atoms with Crippen LogP contribution in [0.3, 0.4) is 0 Å². The predicted molar refractivity (Wildman–Crippen MR) is 324 cm³/mol. The van der Waals surface area contributed by atoms with Crippen LogP contribution in [-0.4, -0.2) is 120 Å². The lowest BCUT2D eigenvalue weighted by atomic mass is 10.0. The maximum atomic E-state index is 14.3. The number of carboxylic acid groups (broad SMARTS) is 2. The smallest absolute Gasteiger partial charge is 0.323 e. The minimum atomic E-state index is -1.28. The van der Waals surface area contributed by atoms with Crippen molar-refractivity contribution in [3.63, 3.8) is 0 Å². The van der Waals surface area contributed by atoms with Gasteiger partial charge in [-0.2, -0.15) is 0 Å². The molecule has 0 saturated heterocycles. The van der Waals surface area contributed by atoms with Gasteiger partial charge < -0.3 is 41.5 Å². The van der Waals surface area contributed by atoms with E-state index < -0.39 is 90.4 Å². The largest absolute Gasteiger partial charge is 0.481 e. The number of thiazole rings is 6. The van der Waals surface area contributed by atoms with E-state index in [0.717, 1.165) is 44.5 Å². The van der Waals surface area contributed by atoms with Crippen LogP contribution in [0.25, 0.3) is 43.4 Å². The number of ether oxygens (including phenoxy) is 1. The number of carbonyl (C=O) groups excluding carboxylic acids is 6. The number of nitrogens with zero attached hydrogens (tertiary/aromatic N) is 8. The first-order valence-corrected chi connectivity index (χ1v) is 32.0. The number of aliphatic carboxylic acids is 2. The molecule has 1 fully saturated rings. The number of methoxy groups -OCH3 is 1. The number of fused-ring (bicyclic) bond motifs is 14. The van der Waals surface area contributed by atoms with Gasteiger partial charge in [-0.1, -0.05) is 44.2 Å². The number of carbonyl (C=O) groups is 8. The quantitative estimate of drug-likeness (QED) is 0.0580. The molecule has 7 aromatic heterocycles. The van der Waals surface area contributed by atoms with Crippen LogP contribution in [0.2, 0.25) is 0 Å². The predicted octanol–water partition coefficient (Wildman–Crippen LogP) is 7.74. The Morgan fingerprint density at radius 2 is 1.41 bits per heavy atom. The van der Waals surface area contributed by atoms with Crippen LogP contribution in [0, 0.1) is 24.7 Å². The Morgan fingerprint density at radius 3 is 2.14 bits per heavy atom. The highest BCUT2D eigenvalue weighted by atomic mass is 32.1. The molecule has 10 bridgehead atoms. The molecule has 7 N–H and O–H groups in total. The number of hydrogen-bond acceptors (Lipinski definition) is 22. The van der Waals surface area contributed by atoms with E-state index in [4.69, 9.17) is 39.6 Å². The van der Waals surface area contributed by atoms with E-state index in [1.165, 1.54) is 48.2 Å². The summed E-state index contributed by atoms with van der Waals surface area (Å²) in [6.07, 6.45) is 0.759. The van der Waals surface area contributed by atoms with Gasteiger partial charge in [0.1, 0.15) is 76.6 Å². The van der Waals surface area contributed by atoms with Crippen molar-refractivity contribution in [3.05, 3.63) is 111 Å². The lowest BCUT2D eigenvalue weighted by Crippen LogP contribution is -2.39. The number of rotatable bonds is 13. The molecule has 10 rings (SSSR count). The fraction of sp³-hybridized carbons (Fsp3) is 0.339. The summed E-state index contributed by atoms with van der Waals surface area (Å²) in [6.45, 7) is 4.37. The van der Waals surface area contributed by atoms with Gasteiger partial charge in [-0.15, -0.1) is 68.0 Å². The summed E-state index contributed by atoms with van der Waals surface area (Å²) in [5.74, 6) is -7.20. The summed E-state index contributed by atoms with van der Waals surface area (Å²) in [5.41, 5.74) is 2.96. The number of anilines is 1. The fourth-order valence-electron chi connectivity index (χ4n) is 9.73. The summed E-state index contributed by atoms with van der Waals surface area (Å²) >= 11 is 7.16. The van der Waals surface area contributed by atoms with Gasteiger partial charge in [0.25, 0.3) is 17.7 Å². The van der Waals surface area contributed by atoms with Crippen molar-refractivity contribution in [1.29, 1.82) is 0 Å². The van der Waals surface area contributed by atoms with Crippen LogP contribution in [-0.2, 0) is 41.7 Å². The molecule has 1 saturated carbocycles. The zero-order chi connectivity index (χ0) is 60.9. The van der Waals surface area contributed by atoms with Gasteiger partial charge in [0.15, 0.2) is 0 Å². The molecule has 5 atom stereocenters. The number of carboxylic acids is 2. The Bertz CT molecular complexity index is 3890. The minimum absolute atomic E-state index is 0.00272. The van der Waals surface area contributed by atoms with Crippen LogP contribution in [0.5, 0.6) is 0 Å². The molecule has 8 heterocycles. The van der Waals surface area contributed by atoms with Crippen molar-refractivity contribution in [2.75, 3.05) is 32.1 Å². The monoisotopic (exact) mass is 1280 g/mol. The van der Waals surface area contributed by atoms with Gasteiger partial charge in [0.05, 0.1) is 54.2 Å². The topological polar surface area (TPSA) is 340 Å². The number of amides is 6. The second kappa shape index (κ2) is 26.6. The molecule has 8 aromatic rings. The van der Waals surface area contributed by atoms with E-state index in [9.17, 15) is 48.6 Å². The Morgan fingerprint density at radius 1 is 0.698 bits per heavy atom. The van der Waals surface area contributed by atoms with Gasteiger partial charge in [-0.3, -0.25) is 43.3 Å². The van der Waals surface area contributed by atoms with Crippen LogP contribution in [0.4, 0.5) is 5.82 Å². The standard InChI is InChI=1S/C56H55N13O11S6/c1-25(2)42-54-68-45(37(86-54)20-80-5)47(75)58-18-40(71)59-32(15-27-9-7-6-8-10-27)51-64-36(23-83-51)52-62-34(21-82-52)44-30(49-63-35(22-81-49)46(74)61-33(17-39(70)57-4)53-67-43(26(3)85-53)48(76)66-42)13-14-31(60-44)50-65-38(24-84-50)69(19-41(72)73)55(77)28-11-12-29(16-28)56(78)79/h6-10,13-14,21-25,28-29,32-33,42H,11-12,15-20H2,1-5H3,(H,57,70)(H,58,75)(H,59,71)(H,61,74)(H,66,76)(H,72,73)(H,78,79)/t28-,29-,32+,33+,42?/m1/s1. The lowest BCUT2D eigenvalue weighted by Gasteiger charge is -2.21. The van der Waals surface area contributed by atoms with Gasteiger partial charge in [-0.25, -0.2) is 34.9 Å². The molecule has 1 aliphatic carbocycles. The second-order valence-corrected chi connectivity index (χ2v) is 26.2. The number of aromatic nitrogens is 7. The van der Waals surface area contributed by atoms with Crippen molar-refractivity contribution < 1.29 is 53.3 Å². The second-order valence-electron chi connectivity index (χ2n) is 20.4. The van der Waals surface area contributed by atoms with E-state index in [1.54, 1.807) is 35.2 Å². The highest BCUT2D eigenvalue weighted by molar-refractivity contribution is 7.15. The zero-order valence-corrected chi connectivity index (χ0v) is 51.5. The molecule has 6 amide bonds. The first-order chi connectivity index (χ1) is 41.3. The minimum Gasteiger partial charge on any atom is -0.481 e. The third kappa shape index (κ3) is 13.7. The highest BCUT2D eigenvalue weighted by Crippen LogP contribution is 2.40. The van der Waals surface area contributed by atoms with Crippen LogP contribution < -0.4 is 31.5 Å². The highest BCUT2D eigenvalue weighted by Gasteiger charge is 2.38. The zero-order valence-electron chi connectivity index (χ0n) is 46.6. The van der Waals surface area contributed by atoms with E-state index in [1.807, 2.05) is 49.6 Å². The lowest BCUT2D eigenvalue weighted by molar-refractivity contribution is -0.142. The van der Waals surface area contributed by atoms with Crippen molar-refractivity contribution >= 4 is 121 Å². The van der Waals surface area contributed by atoms with Gasteiger partial charge in [-0.05, 0) is 56.2 Å². The normalized spacial score (nSPS) is 18.4. The van der Waals surface area contributed by atoms with E-state index in [-0.39, 0.29) is 66.1 Å². The molecule has 24 nitrogen and oxygen atoms in total. The van der Waals surface area contributed by atoms with Crippen molar-refractivity contribution in [1.82, 2.24) is 61.5 Å². The Balaban J connectivity index is 1.04. The van der Waals surface area contributed by atoms with E-state index in [2.05, 4.69) is 26.6 Å². The van der Waals surface area contributed by atoms with Crippen LogP contribution >= 0.6 is 68.0 Å². The summed E-state index contributed by atoms with van der Waals surface area (Å²) in [7, 11) is 2.94. The Hall–Kier alpha value is -8.13. The average Bonchev–Trinajstić information content (AvgIpc) is 1.99. The molecule has 2 aliphatic rings. The molecule has 446 valence electrons. The molecule has 1 aliphatic heterocycles. The van der Waals surface area contributed by atoms with Crippen molar-refractivity contribution in [3.8, 4) is 43.4 Å². The molecule has 0 spiro atoms. The Kier molecular flexibility index (Phi) is 18.9. The van der Waals surface area contributed by atoms with E-state index >= 15 is 0 Å². The number of pyridine rings is 1. The number of nitrogens with one attached hydrogen (secondary N) is 5. The van der Waals surface area contributed by atoms with Gasteiger partial charge in [0.2, 0.25) is 17.7 Å². The summed E-state index contributed by atoms with van der Waals surface area (Å²) in [6, 6.07) is 10.6. The maximum absolute atomic E-state index is 14.3. The van der Waals surface area contributed by atoms with Crippen molar-refractivity contribution in [2.45, 2.75) is 77.6 Å². The first kappa shape index (κ1) is 61.0. The third-order valence-electron chi connectivity index (χ3n) is 14.1. The number of benzene rings is 1. The molecule has 86 heavy (non-hydrogen) atoms. The molecule has 1 unspecified atom stereocenters. The molecular weight excluding hydrogens is 1220 g/mol. The van der Waals surface area contributed by atoms with Crippen LogP contribution in [0.1, 0.15) is 119 Å². The molecule has 0 radical (unpaired) electrons. The number of aryl methyl sites for hydroxylation is 1. The molecular formula is C56H55N13O11S6. The first-order valence-electron chi connectivity index (χ1n) is 26.8. The SMILES string of the molecule is CNC(=O)C[C@@H]1NC(=O)c2csc(n2)-c2ccc(-c3nc(N(CC(=O)O)C(=O)[C@@H]4CC[C@@H](C(=O)O)C4)cs3)nc2-c2csc(n2)-c2csc(n2)[C@H](Cc2ccccc2)NC(=O)CNC(=O)c2nc(sc2COC)C(C(C)C)NC(=O)c2nc1sc2C. The maximum Gasteiger partial charge on any atom is 0.323 e. The molecule has 30 heteroatoms. The van der Waals surface area contributed by atoms with E-state index in [0.29, 0.717) is 69.6 Å².